The third-order valence-corrected chi connectivity index (χ3v) is 1.61. The highest BCUT2D eigenvalue weighted by atomic mass is 31.0. The average Bonchev–Trinajstić information content (AvgIpc) is 2.12. The second-order valence-corrected chi connectivity index (χ2v) is 2.13. The maximum atomic E-state index is 7.21. The van der Waals surface area contributed by atoms with E-state index in [1.54, 1.807) is 0 Å². The lowest BCUT2D eigenvalue weighted by Gasteiger charge is -2.01. The van der Waals surface area contributed by atoms with E-state index in [0.29, 0.717) is 0 Å². The van der Waals surface area contributed by atoms with Crippen LogP contribution in [-0.4, -0.2) is 18.8 Å². The van der Waals surface area contributed by atoms with Gasteiger partial charge in [-0.2, -0.15) is 0 Å². The lowest BCUT2D eigenvalue weighted by molar-refractivity contribution is 0.128. The molecule has 0 N–H and O–H groups in total. The summed E-state index contributed by atoms with van der Waals surface area (Å²) in [5.74, 6) is 0. The molecule has 1 heterocycles. The van der Waals surface area contributed by atoms with E-state index in [-0.39, 0.29) is 12.2 Å². The van der Waals surface area contributed by atoms with Crippen LogP contribution in [0.15, 0.2) is 0 Å². The second kappa shape index (κ2) is 2.64. The molecule has 0 saturated carbocycles. The van der Waals surface area contributed by atoms with Gasteiger partial charge in [0.25, 0.3) is 0 Å². The monoisotopic (exact) mass is 119 g/mol. The van der Waals surface area contributed by atoms with Crippen LogP contribution in [0.1, 0.15) is 14.2 Å². The smallest absolute Gasteiger partial charge is 0.0610 e. The number of rotatable bonds is 1. The Morgan fingerprint density at radius 2 is 2.86 bits per heavy atom. The highest BCUT2D eigenvalue weighted by molar-refractivity contribution is 7.16. The van der Waals surface area contributed by atoms with Crippen LogP contribution in [0.25, 0.3) is 0 Å². The topological polar surface area (TPSA) is 9.23 Å². The van der Waals surface area contributed by atoms with Crippen molar-refractivity contribution >= 4 is 9.24 Å². The molecule has 1 nitrogen and oxygen atoms in total. The van der Waals surface area contributed by atoms with Crippen molar-refractivity contribution in [3.8, 4) is 0 Å². The lowest BCUT2D eigenvalue weighted by atomic mass is 10.3. The van der Waals surface area contributed by atoms with Gasteiger partial charge in [0, 0.05) is 7.98 Å². The van der Waals surface area contributed by atoms with Gasteiger partial charge in [0.2, 0.25) is 0 Å². The first kappa shape index (κ1) is 4.29. The number of hydrogen-bond donors (Lipinski definition) is 0. The molecular formula is C5H11OP. The van der Waals surface area contributed by atoms with E-state index in [9.17, 15) is 0 Å². The Kier molecular flexibility index (Phi) is 1.62. The summed E-state index contributed by atoms with van der Waals surface area (Å²) < 4.78 is 12.4. The Morgan fingerprint density at radius 3 is 3.14 bits per heavy atom. The molecule has 0 aromatic rings. The van der Waals surface area contributed by atoms with Gasteiger partial charge in [-0.15, -0.1) is 9.24 Å². The van der Waals surface area contributed by atoms with Gasteiger partial charge in [-0.1, -0.05) is 0 Å². The van der Waals surface area contributed by atoms with Crippen molar-refractivity contribution in [2.75, 3.05) is 12.7 Å². The number of hydrogen-bond acceptors (Lipinski definition) is 1. The molecule has 3 atom stereocenters. The van der Waals surface area contributed by atoms with E-state index in [2.05, 4.69) is 9.24 Å². The molecule has 1 fully saturated rings. The Bertz CT molecular complexity index is 70.8. The van der Waals surface area contributed by atoms with Crippen molar-refractivity contribution in [3.63, 3.8) is 0 Å². The standard InChI is InChI=1S/C5H11OP/c7-4-5-2-1-3-6-5/h5H,1-4,7H2/i4D. The summed E-state index contributed by atoms with van der Waals surface area (Å²) in [6.45, 7) is 0.856. The van der Waals surface area contributed by atoms with Gasteiger partial charge in [-0.25, -0.2) is 0 Å². The molecule has 0 radical (unpaired) electrons. The Hall–Kier alpha value is 0.390. The van der Waals surface area contributed by atoms with Crippen LogP contribution >= 0.6 is 9.24 Å². The minimum absolute atomic E-state index is 0.113. The average molecular weight is 119 g/mol. The highest BCUT2D eigenvalue weighted by Crippen LogP contribution is 2.13. The van der Waals surface area contributed by atoms with Gasteiger partial charge in [-0.05, 0) is 19.0 Å². The van der Waals surface area contributed by atoms with Gasteiger partial charge >= 0.3 is 0 Å². The van der Waals surface area contributed by atoms with E-state index < -0.39 is 0 Å². The fourth-order valence-electron chi connectivity index (χ4n) is 0.754. The first-order chi connectivity index (χ1) is 3.80. The third-order valence-electron chi connectivity index (χ3n) is 1.18. The zero-order valence-corrected chi connectivity index (χ0v) is 5.42. The third kappa shape index (κ3) is 1.40. The van der Waals surface area contributed by atoms with Crippen LogP contribution < -0.4 is 0 Å². The van der Waals surface area contributed by atoms with Gasteiger partial charge in [0.1, 0.15) is 0 Å². The van der Waals surface area contributed by atoms with Crippen molar-refractivity contribution in [1.82, 2.24) is 0 Å². The molecule has 1 aliphatic heterocycles. The Balaban J connectivity index is 2.24. The van der Waals surface area contributed by atoms with Crippen molar-refractivity contribution < 1.29 is 6.11 Å². The molecule has 0 aromatic carbocycles. The molecule has 0 spiro atoms. The predicted octanol–water partition coefficient (Wildman–Crippen LogP) is 1.04. The molecule has 1 aliphatic rings. The quantitative estimate of drug-likeness (QED) is 0.468. The van der Waals surface area contributed by atoms with E-state index in [1.165, 1.54) is 0 Å². The highest BCUT2D eigenvalue weighted by Gasteiger charge is 2.11. The van der Waals surface area contributed by atoms with E-state index in [4.69, 9.17) is 6.11 Å². The molecule has 1 saturated heterocycles. The van der Waals surface area contributed by atoms with Crippen LogP contribution in [-0.2, 0) is 4.74 Å². The second-order valence-electron chi connectivity index (χ2n) is 1.74. The van der Waals surface area contributed by atoms with Crippen LogP contribution in [0.4, 0.5) is 0 Å². The molecule has 2 heteroatoms. The fraction of sp³-hybridized carbons (Fsp3) is 1.00. The SMILES string of the molecule is [2H]C(P)C1CCCO1. The van der Waals surface area contributed by atoms with Gasteiger partial charge in [0.15, 0.2) is 0 Å². The van der Waals surface area contributed by atoms with Crippen molar-refractivity contribution in [3.05, 3.63) is 0 Å². The molecule has 42 valence electrons. The summed E-state index contributed by atoms with van der Waals surface area (Å²) >= 11 is 0. The zero-order chi connectivity index (χ0) is 5.98. The summed E-state index contributed by atoms with van der Waals surface area (Å²) in [5, 5.41) is 0. The van der Waals surface area contributed by atoms with Gasteiger partial charge < -0.3 is 4.74 Å². The van der Waals surface area contributed by atoms with Crippen molar-refractivity contribution in [2.45, 2.75) is 18.9 Å². The van der Waals surface area contributed by atoms with Gasteiger partial charge in [0.05, 0.1) is 6.10 Å². The molecular weight excluding hydrogens is 107 g/mol. The normalized spacial score (nSPS) is 37.9. The summed E-state index contributed by atoms with van der Waals surface area (Å²) in [7, 11) is 2.44. The van der Waals surface area contributed by atoms with Crippen LogP contribution in [0.5, 0.6) is 0 Å². The zero-order valence-electron chi connectivity index (χ0n) is 5.26. The summed E-state index contributed by atoms with van der Waals surface area (Å²) in [4.78, 5) is 0. The molecule has 0 amide bonds. The lowest BCUT2D eigenvalue weighted by Crippen LogP contribution is -2.04. The van der Waals surface area contributed by atoms with Crippen LogP contribution in [0.3, 0.4) is 0 Å². The molecule has 0 aliphatic carbocycles. The first-order valence-corrected chi connectivity index (χ1v) is 3.27. The molecule has 0 bridgehead atoms. The van der Waals surface area contributed by atoms with Gasteiger partial charge in [-0.3, -0.25) is 0 Å². The van der Waals surface area contributed by atoms with E-state index >= 15 is 0 Å². The van der Waals surface area contributed by atoms with Crippen molar-refractivity contribution in [1.29, 1.82) is 0 Å². The van der Waals surface area contributed by atoms with Crippen molar-refractivity contribution in [2.24, 2.45) is 0 Å². The Labute approximate surface area is 48.0 Å². The van der Waals surface area contributed by atoms with Crippen LogP contribution in [0, 0.1) is 0 Å². The minimum Gasteiger partial charge on any atom is -0.378 e. The van der Waals surface area contributed by atoms with E-state index in [1.807, 2.05) is 0 Å². The Morgan fingerprint density at radius 1 is 2.00 bits per heavy atom. The first-order valence-electron chi connectivity index (χ1n) is 3.18. The summed E-state index contributed by atoms with van der Waals surface area (Å²) in [6.07, 6.45) is 2.28. The molecule has 7 heavy (non-hydrogen) atoms. The van der Waals surface area contributed by atoms with Crippen LogP contribution in [0.2, 0.25) is 0 Å². The molecule has 1 rings (SSSR count). The fourth-order valence-corrected chi connectivity index (χ4v) is 1.06. The number of ether oxygens (including phenoxy) is 1. The van der Waals surface area contributed by atoms with E-state index in [0.717, 1.165) is 19.4 Å². The summed E-state index contributed by atoms with van der Waals surface area (Å²) in [5.41, 5.74) is 0. The minimum atomic E-state index is -0.113. The largest absolute Gasteiger partial charge is 0.378 e. The maximum absolute atomic E-state index is 7.21. The molecule has 0 aromatic heterocycles. The predicted molar refractivity (Wildman–Crippen MR) is 33.6 cm³/mol. The summed E-state index contributed by atoms with van der Waals surface area (Å²) in [6, 6.07) is 0. The molecule has 3 unspecified atom stereocenters. The maximum Gasteiger partial charge on any atom is 0.0610 e.